The van der Waals surface area contributed by atoms with Crippen LogP contribution in [0.4, 0.5) is 4.79 Å². The van der Waals surface area contributed by atoms with E-state index in [9.17, 15) is 19.0 Å². The number of aryl methyl sites for hydroxylation is 1. The van der Waals surface area contributed by atoms with E-state index in [0.717, 1.165) is 23.1 Å². The van der Waals surface area contributed by atoms with Crippen molar-refractivity contribution in [2.45, 2.75) is 45.0 Å². The summed E-state index contributed by atoms with van der Waals surface area (Å²) in [6.07, 6.45) is 0.828. The second-order valence-electron chi connectivity index (χ2n) is 9.18. The molecule has 3 unspecified atom stereocenters. The number of esters is 1. The summed E-state index contributed by atoms with van der Waals surface area (Å²) in [4.78, 5) is 36.7. The fourth-order valence-corrected chi connectivity index (χ4v) is 6.24. The van der Waals surface area contributed by atoms with Gasteiger partial charge in [-0.2, -0.15) is 0 Å². The molecule has 0 fully saturated rings. The molecular weight excluding hydrogens is 501 g/mol. The Morgan fingerprint density at radius 2 is 1.39 bits per heavy atom. The Bertz CT molecular complexity index is 1170. The maximum absolute atomic E-state index is 13.8. The molecule has 2 N–H and O–H groups in total. The summed E-state index contributed by atoms with van der Waals surface area (Å²) in [5.41, 5.74) is 2.72. The minimum absolute atomic E-state index is 0.0331. The van der Waals surface area contributed by atoms with E-state index in [4.69, 9.17) is 9.47 Å². The molecule has 3 rings (SSSR count). The lowest BCUT2D eigenvalue weighted by atomic mass is 10.0. The van der Waals surface area contributed by atoms with Crippen LogP contribution in [-0.2, 0) is 38.3 Å². The van der Waals surface area contributed by atoms with E-state index in [2.05, 4.69) is 5.32 Å². The third-order valence-electron chi connectivity index (χ3n) is 6.22. The number of hydrogen-bond acceptors (Lipinski definition) is 5. The zero-order valence-electron chi connectivity index (χ0n) is 21.7. The quantitative estimate of drug-likeness (QED) is 0.195. The molecule has 0 aliphatic heterocycles. The van der Waals surface area contributed by atoms with Gasteiger partial charge in [-0.1, -0.05) is 91.0 Å². The van der Waals surface area contributed by atoms with E-state index in [1.165, 1.54) is 0 Å². The molecule has 0 aliphatic carbocycles. The lowest BCUT2D eigenvalue weighted by Crippen LogP contribution is -2.38. The predicted octanol–water partition coefficient (Wildman–Crippen LogP) is 5.95. The van der Waals surface area contributed by atoms with Gasteiger partial charge in [0, 0.05) is 12.6 Å². The van der Waals surface area contributed by atoms with Crippen molar-refractivity contribution in [3.63, 3.8) is 0 Å². The van der Waals surface area contributed by atoms with Gasteiger partial charge in [-0.15, -0.1) is 0 Å². The van der Waals surface area contributed by atoms with Gasteiger partial charge in [0.25, 0.3) is 0 Å². The standard InChI is InChI=1S/C30H36NO6P/c1-2-36-29(32)27(20-12-19-24-13-6-3-7-14-24)23-38(34,35)28(21-25-15-8-4-9-16-25)31-30(33)37-22-26-17-10-5-11-18-26/h3-11,13-18,27-28H,2,12,19-23H2,1H3,(H,31,33)(H,34,35). The molecule has 0 aromatic heterocycles. The summed E-state index contributed by atoms with van der Waals surface area (Å²) in [7, 11) is -4.08. The Balaban J connectivity index is 1.71. The van der Waals surface area contributed by atoms with Crippen LogP contribution in [0.2, 0.25) is 0 Å². The van der Waals surface area contributed by atoms with Crippen molar-refractivity contribution in [1.29, 1.82) is 0 Å². The number of carbonyl (C=O) groups excluding carboxylic acids is 2. The highest BCUT2D eigenvalue weighted by Gasteiger charge is 2.38. The van der Waals surface area contributed by atoms with Crippen LogP contribution in [0, 0.1) is 5.92 Å². The highest BCUT2D eigenvalue weighted by molar-refractivity contribution is 7.58. The van der Waals surface area contributed by atoms with E-state index in [1.54, 1.807) is 6.92 Å². The first-order valence-corrected chi connectivity index (χ1v) is 14.8. The highest BCUT2D eigenvalue weighted by Crippen LogP contribution is 2.49. The largest absolute Gasteiger partial charge is 0.466 e. The van der Waals surface area contributed by atoms with Crippen molar-refractivity contribution in [2.75, 3.05) is 12.8 Å². The minimum Gasteiger partial charge on any atom is -0.466 e. The average molecular weight is 538 g/mol. The Kier molecular flexibility index (Phi) is 11.6. The summed E-state index contributed by atoms with van der Waals surface area (Å²) in [5, 5.41) is 2.61. The molecule has 0 saturated heterocycles. The first-order valence-electron chi connectivity index (χ1n) is 12.9. The monoisotopic (exact) mass is 537 g/mol. The summed E-state index contributed by atoms with van der Waals surface area (Å²) >= 11 is 0. The minimum atomic E-state index is -4.08. The van der Waals surface area contributed by atoms with Gasteiger partial charge in [-0.05, 0) is 42.9 Å². The molecule has 38 heavy (non-hydrogen) atoms. The molecule has 202 valence electrons. The van der Waals surface area contributed by atoms with E-state index >= 15 is 0 Å². The molecule has 0 aliphatic rings. The van der Waals surface area contributed by atoms with Crippen LogP contribution in [0.15, 0.2) is 91.0 Å². The molecule has 0 spiro atoms. The third-order valence-corrected chi connectivity index (χ3v) is 8.47. The lowest BCUT2D eigenvalue weighted by Gasteiger charge is -2.27. The van der Waals surface area contributed by atoms with Crippen LogP contribution in [0.1, 0.15) is 36.5 Å². The topological polar surface area (TPSA) is 102 Å². The van der Waals surface area contributed by atoms with E-state index in [0.29, 0.717) is 12.8 Å². The number of rotatable bonds is 14. The van der Waals surface area contributed by atoms with Crippen molar-refractivity contribution in [2.24, 2.45) is 5.92 Å². The van der Waals surface area contributed by atoms with Gasteiger partial charge in [0.05, 0.1) is 12.5 Å². The molecule has 7 nitrogen and oxygen atoms in total. The highest BCUT2D eigenvalue weighted by atomic mass is 31.2. The molecule has 8 heteroatoms. The summed E-state index contributed by atoms with van der Waals surface area (Å²) in [5.74, 6) is -2.39. The molecule has 0 heterocycles. The Hall–Kier alpha value is -3.41. The van der Waals surface area contributed by atoms with Gasteiger partial charge in [0.1, 0.15) is 12.4 Å². The second-order valence-corrected chi connectivity index (χ2v) is 11.7. The van der Waals surface area contributed by atoms with Gasteiger partial charge < -0.3 is 19.7 Å². The Morgan fingerprint density at radius 3 is 1.97 bits per heavy atom. The number of carbonyl (C=O) groups is 2. The number of nitrogens with one attached hydrogen (secondary N) is 1. The van der Waals surface area contributed by atoms with E-state index in [-0.39, 0.29) is 25.8 Å². The fraction of sp³-hybridized carbons (Fsp3) is 0.333. The van der Waals surface area contributed by atoms with Gasteiger partial charge in [-0.25, -0.2) is 4.79 Å². The average Bonchev–Trinajstić information content (AvgIpc) is 2.93. The number of benzene rings is 3. The van der Waals surface area contributed by atoms with Crippen molar-refractivity contribution in [1.82, 2.24) is 5.32 Å². The zero-order chi connectivity index (χ0) is 27.2. The van der Waals surface area contributed by atoms with Gasteiger partial charge >= 0.3 is 12.1 Å². The number of amides is 1. The van der Waals surface area contributed by atoms with Crippen LogP contribution in [-0.4, -0.2) is 35.5 Å². The normalized spacial score (nSPS) is 14.1. The van der Waals surface area contributed by atoms with Gasteiger partial charge in [0.15, 0.2) is 0 Å². The predicted molar refractivity (Wildman–Crippen MR) is 148 cm³/mol. The molecule has 0 saturated carbocycles. The van der Waals surface area contributed by atoms with E-state index in [1.807, 2.05) is 91.0 Å². The van der Waals surface area contributed by atoms with Crippen LogP contribution in [0.5, 0.6) is 0 Å². The van der Waals surface area contributed by atoms with Crippen LogP contribution >= 0.6 is 7.37 Å². The maximum atomic E-state index is 13.8. The molecule has 3 atom stereocenters. The number of ether oxygens (including phenoxy) is 2. The lowest BCUT2D eigenvalue weighted by molar-refractivity contribution is -0.147. The maximum Gasteiger partial charge on any atom is 0.408 e. The first-order chi connectivity index (χ1) is 18.4. The zero-order valence-corrected chi connectivity index (χ0v) is 22.6. The molecule has 3 aromatic carbocycles. The molecule has 3 aromatic rings. The number of alkyl carbamates (subject to hydrolysis) is 1. The van der Waals surface area contributed by atoms with Gasteiger partial charge in [-0.3, -0.25) is 9.36 Å². The summed E-state index contributed by atoms with van der Waals surface area (Å²) < 4.78 is 24.3. The molecule has 1 amide bonds. The molecule has 0 radical (unpaired) electrons. The van der Waals surface area contributed by atoms with E-state index < -0.39 is 31.1 Å². The number of hydrogen-bond donors (Lipinski definition) is 2. The van der Waals surface area contributed by atoms with Crippen molar-refractivity contribution < 1.29 is 28.5 Å². The molecular formula is C30H36NO6P. The molecule has 0 bridgehead atoms. The van der Waals surface area contributed by atoms with Crippen LogP contribution < -0.4 is 5.32 Å². The van der Waals surface area contributed by atoms with Crippen molar-refractivity contribution >= 4 is 19.4 Å². The third kappa shape index (κ3) is 9.81. The summed E-state index contributed by atoms with van der Waals surface area (Å²) in [6.45, 7) is 1.92. The van der Waals surface area contributed by atoms with Gasteiger partial charge in [0.2, 0.25) is 7.37 Å². The van der Waals surface area contributed by atoms with Crippen molar-refractivity contribution in [3.05, 3.63) is 108 Å². The fourth-order valence-electron chi connectivity index (χ4n) is 4.22. The summed E-state index contributed by atoms with van der Waals surface area (Å²) in [6, 6.07) is 28.2. The Labute approximate surface area is 224 Å². The second kappa shape index (κ2) is 15.1. The van der Waals surface area contributed by atoms with Crippen LogP contribution in [0.3, 0.4) is 0 Å². The van der Waals surface area contributed by atoms with Crippen LogP contribution in [0.25, 0.3) is 0 Å². The first kappa shape index (κ1) is 29.2. The van der Waals surface area contributed by atoms with Crippen molar-refractivity contribution in [3.8, 4) is 0 Å². The SMILES string of the molecule is CCOC(=O)C(CCCc1ccccc1)CP(=O)(O)C(Cc1ccccc1)NC(=O)OCc1ccccc1. The smallest absolute Gasteiger partial charge is 0.408 e. The Morgan fingerprint density at radius 1 is 0.842 bits per heavy atom.